The third kappa shape index (κ3) is 11.6. The molecule has 2 saturated carbocycles. The van der Waals surface area contributed by atoms with Crippen LogP contribution in [0.1, 0.15) is 84.9 Å². The smallest absolute Gasteiger partial charge is 0.338 e. The summed E-state index contributed by atoms with van der Waals surface area (Å²) in [6.45, 7) is 1.01. The molecule has 0 saturated heterocycles. The first-order valence-corrected chi connectivity index (χ1v) is 13.1. The number of benzene rings is 2. The molecule has 2 aromatic carbocycles. The van der Waals surface area contributed by atoms with Crippen LogP contribution in [-0.4, -0.2) is 42.3 Å². The number of carbonyl (C=O) groups excluding carboxylic acids is 2. The number of aliphatic hydroxyl groups is 1. The Balaban J connectivity index is 0.000000206. The van der Waals surface area contributed by atoms with Crippen LogP contribution in [0.2, 0.25) is 0 Å². The van der Waals surface area contributed by atoms with Crippen molar-refractivity contribution >= 4 is 17.6 Å². The predicted molar refractivity (Wildman–Crippen MR) is 141 cm³/mol. The van der Waals surface area contributed by atoms with Crippen molar-refractivity contribution in [3.05, 3.63) is 75.8 Å². The van der Waals surface area contributed by atoms with E-state index in [1.165, 1.54) is 95.6 Å². The Morgan fingerprint density at radius 3 is 1.78 bits per heavy atom. The first kappa shape index (κ1) is 30.0. The highest BCUT2D eigenvalue weighted by molar-refractivity contribution is 5.89. The number of methoxy groups -OCH3 is 1. The van der Waals surface area contributed by atoms with E-state index in [1.54, 1.807) is 12.1 Å². The largest absolute Gasteiger partial charge is 0.465 e. The highest BCUT2D eigenvalue weighted by Crippen LogP contribution is 2.24. The van der Waals surface area contributed by atoms with Crippen LogP contribution in [0.3, 0.4) is 0 Å². The van der Waals surface area contributed by atoms with Gasteiger partial charge in [0.25, 0.3) is 5.69 Å². The van der Waals surface area contributed by atoms with Crippen LogP contribution in [0.5, 0.6) is 0 Å². The van der Waals surface area contributed by atoms with Gasteiger partial charge in [-0.2, -0.15) is 0 Å². The molecule has 2 fully saturated rings. The molecule has 8 nitrogen and oxygen atoms in total. The number of nitro benzene ring substituents is 1. The number of non-ortho nitro benzene ring substituents is 1. The Bertz CT molecular complexity index is 934. The monoisotopic (exact) mass is 513 g/mol. The molecule has 0 amide bonds. The molecule has 8 heteroatoms. The molecule has 0 spiro atoms. The van der Waals surface area contributed by atoms with Crippen LogP contribution in [0.15, 0.2) is 54.6 Å². The zero-order chi connectivity index (χ0) is 26.9. The van der Waals surface area contributed by atoms with Crippen LogP contribution in [0.25, 0.3) is 0 Å². The number of ether oxygens (including phenoxy) is 2. The summed E-state index contributed by atoms with van der Waals surface area (Å²) in [6.07, 6.45) is 12.9. The maximum absolute atomic E-state index is 11.7. The topological polar surface area (TPSA) is 116 Å². The molecule has 1 N–H and O–H groups in total. The van der Waals surface area contributed by atoms with Crippen LogP contribution < -0.4 is 0 Å². The van der Waals surface area contributed by atoms with Crippen molar-refractivity contribution in [2.24, 2.45) is 11.8 Å². The van der Waals surface area contributed by atoms with Gasteiger partial charge >= 0.3 is 11.9 Å². The molecule has 2 aromatic rings. The van der Waals surface area contributed by atoms with E-state index in [1.807, 2.05) is 18.2 Å². The third-order valence-corrected chi connectivity index (χ3v) is 6.67. The average Bonchev–Trinajstić information content (AvgIpc) is 2.97. The summed E-state index contributed by atoms with van der Waals surface area (Å²) in [7, 11) is 1.25. The Labute approximate surface area is 219 Å². The van der Waals surface area contributed by atoms with E-state index < -0.39 is 10.9 Å². The van der Waals surface area contributed by atoms with E-state index in [4.69, 9.17) is 9.84 Å². The maximum atomic E-state index is 11.7. The van der Waals surface area contributed by atoms with Crippen molar-refractivity contribution in [1.29, 1.82) is 0 Å². The molecule has 0 atom stereocenters. The molecule has 37 heavy (non-hydrogen) atoms. The Kier molecular flexibility index (Phi) is 14.0. The maximum Gasteiger partial charge on any atom is 0.338 e. The van der Waals surface area contributed by atoms with Gasteiger partial charge in [0.05, 0.1) is 29.8 Å². The van der Waals surface area contributed by atoms with Crippen molar-refractivity contribution in [1.82, 2.24) is 0 Å². The fraction of sp³-hybridized carbons (Fsp3) is 0.517. The van der Waals surface area contributed by atoms with Gasteiger partial charge in [-0.3, -0.25) is 10.1 Å². The summed E-state index contributed by atoms with van der Waals surface area (Å²) in [6, 6.07) is 14.4. The summed E-state index contributed by atoms with van der Waals surface area (Å²) in [5.41, 5.74) is 0.902. The molecule has 4 rings (SSSR count). The second-order valence-corrected chi connectivity index (χ2v) is 9.45. The summed E-state index contributed by atoms with van der Waals surface area (Å²) in [4.78, 5) is 32.3. The highest BCUT2D eigenvalue weighted by atomic mass is 16.6. The van der Waals surface area contributed by atoms with Gasteiger partial charge in [-0.15, -0.1) is 0 Å². The van der Waals surface area contributed by atoms with E-state index in [9.17, 15) is 19.7 Å². The first-order chi connectivity index (χ1) is 17.9. The number of hydrogen-bond acceptors (Lipinski definition) is 7. The Hall–Kier alpha value is -3.26. The van der Waals surface area contributed by atoms with Gasteiger partial charge < -0.3 is 14.6 Å². The van der Waals surface area contributed by atoms with Gasteiger partial charge in [0.15, 0.2) is 0 Å². The van der Waals surface area contributed by atoms with E-state index in [0.29, 0.717) is 36.2 Å². The SMILES string of the molecule is COC(=O)c1ccc([N+](=O)[O-])cc1.O=C(OCC1CCCCC1)c1ccccc1.OCC1CCCCC1. The van der Waals surface area contributed by atoms with Crippen LogP contribution in [-0.2, 0) is 9.47 Å². The van der Waals surface area contributed by atoms with E-state index in [-0.39, 0.29) is 11.7 Å². The van der Waals surface area contributed by atoms with Crippen molar-refractivity contribution in [2.75, 3.05) is 20.3 Å². The summed E-state index contributed by atoms with van der Waals surface area (Å²) < 4.78 is 9.76. The summed E-state index contributed by atoms with van der Waals surface area (Å²) >= 11 is 0. The minimum absolute atomic E-state index is 0.0485. The average molecular weight is 514 g/mol. The van der Waals surface area contributed by atoms with E-state index >= 15 is 0 Å². The van der Waals surface area contributed by atoms with E-state index in [0.717, 1.165) is 0 Å². The second kappa shape index (κ2) is 17.2. The molecule has 2 aliphatic carbocycles. The third-order valence-electron chi connectivity index (χ3n) is 6.67. The van der Waals surface area contributed by atoms with Crippen LogP contribution in [0, 0.1) is 22.0 Å². The van der Waals surface area contributed by atoms with Crippen molar-refractivity contribution in [3.63, 3.8) is 0 Å². The van der Waals surface area contributed by atoms with Gasteiger partial charge in [0.1, 0.15) is 0 Å². The van der Waals surface area contributed by atoms with Crippen LogP contribution >= 0.6 is 0 Å². The molecule has 2 aliphatic rings. The van der Waals surface area contributed by atoms with Crippen LogP contribution in [0.4, 0.5) is 5.69 Å². The zero-order valence-electron chi connectivity index (χ0n) is 21.7. The molecule has 0 unspecified atom stereocenters. The number of nitro groups is 1. The molecular formula is C29H39NO7. The molecule has 0 heterocycles. The van der Waals surface area contributed by atoms with Gasteiger partial charge in [-0.25, -0.2) is 9.59 Å². The molecule has 0 radical (unpaired) electrons. The minimum Gasteiger partial charge on any atom is -0.465 e. The van der Waals surface area contributed by atoms with Gasteiger partial charge in [-0.1, -0.05) is 56.7 Å². The second-order valence-electron chi connectivity index (χ2n) is 9.45. The van der Waals surface area contributed by atoms with Gasteiger partial charge in [-0.05, 0) is 61.8 Å². The normalized spacial score (nSPS) is 15.7. The lowest BCUT2D eigenvalue weighted by Gasteiger charge is -2.20. The summed E-state index contributed by atoms with van der Waals surface area (Å²) in [5, 5.41) is 18.9. The standard InChI is InChI=1S/C14H18O2.C8H7NO4.C7H14O/c15-14(13-9-5-2-6-10-13)16-11-12-7-3-1-4-8-12;1-13-8(10)6-2-4-7(5-3-6)9(11)12;8-6-7-4-2-1-3-5-7/h2,5-6,9-10,12H,1,3-4,7-8,11H2;2-5H,1H3;7-8H,1-6H2. The zero-order valence-corrected chi connectivity index (χ0v) is 21.7. The Morgan fingerprint density at radius 1 is 0.811 bits per heavy atom. The Morgan fingerprint density at radius 2 is 1.32 bits per heavy atom. The number of nitrogens with zero attached hydrogens (tertiary/aromatic N) is 1. The lowest BCUT2D eigenvalue weighted by Crippen LogP contribution is -2.16. The highest BCUT2D eigenvalue weighted by Gasteiger charge is 2.16. The number of esters is 2. The van der Waals surface area contributed by atoms with Gasteiger partial charge in [0, 0.05) is 18.7 Å². The number of rotatable bonds is 6. The number of aliphatic hydroxyl groups excluding tert-OH is 1. The minimum atomic E-state index is -0.527. The molecule has 0 aromatic heterocycles. The lowest BCUT2D eigenvalue weighted by atomic mass is 9.90. The number of carbonyl (C=O) groups is 2. The molecular weight excluding hydrogens is 474 g/mol. The molecule has 0 aliphatic heterocycles. The van der Waals surface area contributed by atoms with Crippen molar-refractivity contribution in [3.8, 4) is 0 Å². The van der Waals surface area contributed by atoms with E-state index in [2.05, 4.69) is 4.74 Å². The quantitative estimate of drug-likeness (QED) is 0.271. The van der Waals surface area contributed by atoms with Crippen molar-refractivity contribution in [2.45, 2.75) is 64.2 Å². The van der Waals surface area contributed by atoms with Crippen molar-refractivity contribution < 1.29 is 29.1 Å². The first-order valence-electron chi connectivity index (χ1n) is 13.1. The fourth-order valence-corrected chi connectivity index (χ4v) is 4.41. The number of hydrogen-bond donors (Lipinski definition) is 1. The molecule has 202 valence electrons. The predicted octanol–water partition coefficient (Wildman–Crippen LogP) is 6.36. The summed E-state index contributed by atoms with van der Waals surface area (Å²) in [5.74, 6) is 0.534. The van der Waals surface area contributed by atoms with Gasteiger partial charge in [0.2, 0.25) is 0 Å². The lowest BCUT2D eigenvalue weighted by molar-refractivity contribution is -0.384. The molecule has 0 bridgehead atoms. The fourth-order valence-electron chi connectivity index (χ4n) is 4.41.